The predicted molar refractivity (Wildman–Crippen MR) is 49.4 cm³/mol. The number of rotatable bonds is 3. The molecule has 0 aliphatic carbocycles. The van der Waals surface area contributed by atoms with Crippen molar-refractivity contribution < 1.29 is 4.74 Å². The lowest BCUT2D eigenvalue weighted by Crippen LogP contribution is -2.05. The molecule has 13 heavy (non-hydrogen) atoms. The van der Waals surface area contributed by atoms with Gasteiger partial charge in [0.25, 0.3) is 0 Å². The Morgan fingerprint density at radius 2 is 2.38 bits per heavy atom. The molecule has 0 fully saturated rings. The predicted octanol–water partition coefficient (Wildman–Crippen LogP) is 1.08. The largest absolute Gasteiger partial charge is 0.383 e. The van der Waals surface area contributed by atoms with Gasteiger partial charge in [-0.1, -0.05) is 0 Å². The van der Waals surface area contributed by atoms with E-state index in [1.54, 1.807) is 13.3 Å². The zero-order valence-corrected chi connectivity index (χ0v) is 7.47. The van der Waals surface area contributed by atoms with Crippen LogP contribution in [-0.2, 0) is 11.3 Å². The van der Waals surface area contributed by atoms with Gasteiger partial charge in [-0.05, 0) is 6.07 Å². The van der Waals surface area contributed by atoms with E-state index in [0.717, 1.165) is 17.4 Å². The van der Waals surface area contributed by atoms with Gasteiger partial charge in [0, 0.05) is 18.7 Å². The van der Waals surface area contributed by atoms with Crippen LogP contribution in [0.2, 0.25) is 0 Å². The number of hydrogen-bond donors (Lipinski definition) is 0. The van der Waals surface area contributed by atoms with Gasteiger partial charge in [-0.3, -0.25) is 9.67 Å². The molecule has 0 amide bonds. The van der Waals surface area contributed by atoms with E-state index in [1.165, 1.54) is 0 Å². The maximum absolute atomic E-state index is 4.98. The summed E-state index contributed by atoms with van der Waals surface area (Å²) in [6, 6.07) is 1.95. The van der Waals surface area contributed by atoms with E-state index in [-0.39, 0.29) is 0 Å². The Morgan fingerprint density at radius 1 is 1.46 bits per heavy atom. The standard InChI is InChI=1S/C9H11N3O/c1-13-5-4-12-9-7-10-3-2-8(9)6-11-12/h2-3,6-7H,4-5H2,1H3. The highest BCUT2D eigenvalue weighted by molar-refractivity contribution is 5.77. The molecular weight excluding hydrogens is 166 g/mol. The molecule has 4 heteroatoms. The first-order chi connectivity index (χ1) is 6.42. The van der Waals surface area contributed by atoms with Gasteiger partial charge in [0.2, 0.25) is 0 Å². The van der Waals surface area contributed by atoms with Gasteiger partial charge >= 0.3 is 0 Å². The van der Waals surface area contributed by atoms with E-state index in [1.807, 2.05) is 23.1 Å². The van der Waals surface area contributed by atoms with Crippen LogP contribution in [0.4, 0.5) is 0 Å². The molecule has 2 aromatic rings. The molecule has 0 unspecified atom stereocenters. The summed E-state index contributed by atoms with van der Waals surface area (Å²) in [5, 5.41) is 5.35. The fourth-order valence-electron chi connectivity index (χ4n) is 1.27. The molecule has 0 aromatic carbocycles. The van der Waals surface area contributed by atoms with Crippen LogP contribution in [-0.4, -0.2) is 28.5 Å². The van der Waals surface area contributed by atoms with E-state index in [4.69, 9.17) is 4.74 Å². The second kappa shape index (κ2) is 3.53. The van der Waals surface area contributed by atoms with E-state index in [9.17, 15) is 0 Å². The van der Waals surface area contributed by atoms with Gasteiger partial charge in [0.1, 0.15) is 0 Å². The van der Waals surface area contributed by atoms with Crippen LogP contribution in [0.1, 0.15) is 0 Å². The van der Waals surface area contributed by atoms with Crippen molar-refractivity contribution in [3.05, 3.63) is 24.7 Å². The molecule has 0 atom stereocenters. The van der Waals surface area contributed by atoms with Crippen LogP contribution in [0.3, 0.4) is 0 Å². The minimum atomic E-state index is 0.672. The summed E-state index contributed by atoms with van der Waals surface area (Å²) >= 11 is 0. The molecule has 4 nitrogen and oxygen atoms in total. The van der Waals surface area contributed by atoms with Crippen molar-refractivity contribution in [3.8, 4) is 0 Å². The monoisotopic (exact) mass is 177 g/mol. The van der Waals surface area contributed by atoms with E-state index in [0.29, 0.717) is 6.61 Å². The SMILES string of the molecule is COCCn1ncc2ccncc21. The van der Waals surface area contributed by atoms with Crippen molar-refractivity contribution in [1.82, 2.24) is 14.8 Å². The fraction of sp³-hybridized carbons (Fsp3) is 0.333. The first-order valence-electron chi connectivity index (χ1n) is 4.16. The summed E-state index contributed by atoms with van der Waals surface area (Å²) in [4.78, 5) is 4.05. The van der Waals surface area contributed by atoms with Crippen LogP contribution >= 0.6 is 0 Å². The Labute approximate surface area is 76.1 Å². The second-order valence-corrected chi connectivity index (χ2v) is 2.80. The molecule has 0 saturated heterocycles. The maximum atomic E-state index is 4.98. The lowest BCUT2D eigenvalue weighted by molar-refractivity contribution is 0.185. The topological polar surface area (TPSA) is 39.9 Å². The molecule has 2 aromatic heterocycles. The number of pyridine rings is 1. The molecular formula is C9H11N3O. The van der Waals surface area contributed by atoms with Crippen molar-refractivity contribution in [2.75, 3.05) is 13.7 Å². The highest BCUT2D eigenvalue weighted by Gasteiger charge is 2.00. The number of nitrogens with zero attached hydrogens (tertiary/aromatic N) is 3. The molecule has 68 valence electrons. The average molecular weight is 177 g/mol. The lowest BCUT2D eigenvalue weighted by Gasteiger charge is -2.00. The Morgan fingerprint density at radius 3 is 3.23 bits per heavy atom. The van der Waals surface area contributed by atoms with Crippen LogP contribution in [0, 0.1) is 0 Å². The fourth-order valence-corrected chi connectivity index (χ4v) is 1.27. The van der Waals surface area contributed by atoms with Crippen LogP contribution < -0.4 is 0 Å². The normalized spacial score (nSPS) is 10.8. The van der Waals surface area contributed by atoms with Crippen LogP contribution in [0.15, 0.2) is 24.7 Å². The van der Waals surface area contributed by atoms with Gasteiger partial charge in [0.05, 0.1) is 31.1 Å². The van der Waals surface area contributed by atoms with Crippen molar-refractivity contribution in [2.24, 2.45) is 0 Å². The lowest BCUT2D eigenvalue weighted by atomic mass is 10.3. The third-order valence-electron chi connectivity index (χ3n) is 1.95. The van der Waals surface area contributed by atoms with E-state index in [2.05, 4.69) is 10.1 Å². The Balaban J connectivity index is 2.35. The Bertz CT molecular complexity index is 396. The first-order valence-corrected chi connectivity index (χ1v) is 4.16. The summed E-state index contributed by atoms with van der Waals surface area (Å²) in [6.07, 6.45) is 5.43. The van der Waals surface area contributed by atoms with E-state index < -0.39 is 0 Å². The molecule has 0 saturated carbocycles. The summed E-state index contributed by atoms with van der Waals surface area (Å²) in [6.45, 7) is 1.44. The summed E-state index contributed by atoms with van der Waals surface area (Å²) < 4.78 is 6.88. The smallest absolute Gasteiger partial charge is 0.0866 e. The quantitative estimate of drug-likeness (QED) is 0.704. The van der Waals surface area contributed by atoms with Crippen molar-refractivity contribution in [3.63, 3.8) is 0 Å². The number of fused-ring (bicyclic) bond motifs is 1. The molecule has 0 N–H and O–H groups in total. The van der Waals surface area contributed by atoms with Crippen LogP contribution in [0.5, 0.6) is 0 Å². The number of hydrogen-bond acceptors (Lipinski definition) is 3. The van der Waals surface area contributed by atoms with Crippen LogP contribution in [0.25, 0.3) is 10.9 Å². The maximum Gasteiger partial charge on any atom is 0.0866 e. The minimum Gasteiger partial charge on any atom is -0.383 e. The molecule has 0 bridgehead atoms. The van der Waals surface area contributed by atoms with Gasteiger partial charge < -0.3 is 4.74 Å². The molecule has 2 rings (SSSR count). The average Bonchev–Trinajstić information content (AvgIpc) is 2.58. The number of methoxy groups -OCH3 is 1. The molecule has 2 heterocycles. The number of aromatic nitrogens is 3. The zero-order chi connectivity index (χ0) is 9.10. The van der Waals surface area contributed by atoms with Crippen molar-refractivity contribution >= 4 is 10.9 Å². The Kier molecular flexibility index (Phi) is 2.23. The molecule has 0 spiro atoms. The summed E-state index contributed by atoms with van der Waals surface area (Å²) in [7, 11) is 1.68. The number of ether oxygens (including phenoxy) is 1. The highest BCUT2D eigenvalue weighted by Crippen LogP contribution is 2.10. The third-order valence-corrected chi connectivity index (χ3v) is 1.95. The second-order valence-electron chi connectivity index (χ2n) is 2.80. The zero-order valence-electron chi connectivity index (χ0n) is 7.47. The van der Waals surface area contributed by atoms with Crippen molar-refractivity contribution in [1.29, 1.82) is 0 Å². The molecule has 0 radical (unpaired) electrons. The molecule has 0 aliphatic heterocycles. The summed E-state index contributed by atoms with van der Waals surface area (Å²) in [5.41, 5.74) is 1.06. The summed E-state index contributed by atoms with van der Waals surface area (Å²) in [5.74, 6) is 0. The van der Waals surface area contributed by atoms with Gasteiger partial charge in [0.15, 0.2) is 0 Å². The first kappa shape index (κ1) is 8.19. The Hall–Kier alpha value is -1.42. The minimum absolute atomic E-state index is 0.672. The van der Waals surface area contributed by atoms with Gasteiger partial charge in [-0.25, -0.2) is 0 Å². The van der Waals surface area contributed by atoms with Gasteiger partial charge in [-0.2, -0.15) is 5.10 Å². The van der Waals surface area contributed by atoms with Crippen molar-refractivity contribution in [2.45, 2.75) is 6.54 Å². The molecule has 0 aliphatic rings. The highest BCUT2D eigenvalue weighted by atomic mass is 16.5. The third kappa shape index (κ3) is 1.53. The van der Waals surface area contributed by atoms with Gasteiger partial charge in [-0.15, -0.1) is 0 Å². The van der Waals surface area contributed by atoms with E-state index >= 15 is 0 Å².